The van der Waals surface area contributed by atoms with Gasteiger partial charge in [0.05, 0.1) is 0 Å². The zero-order valence-electron chi connectivity index (χ0n) is 15.8. The summed E-state index contributed by atoms with van der Waals surface area (Å²) in [5.74, 6) is 0.0725. The molecule has 0 aromatic carbocycles. The molecule has 3 heterocycles. The number of pyridine rings is 1. The maximum absolute atomic E-state index is 13.0. The highest BCUT2D eigenvalue weighted by Crippen LogP contribution is 2.40. The van der Waals surface area contributed by atoms with Crippen LogP contribution in [0.5, 0.6) is 0 Å². The highest BCUT2D eigenvalue weighted by Gasteiger charge is 2.46. The monoisotopic (exact) mass is 344 g/mol. The normalized spacial score (nSPS) is 25.8. The summed E-state index contributed by atoms with van der Waals surface area (Å²) in [6, 6.07) is 2.21. The fraction of sp³-hybridized carbons (Fsp3) is 0.650. The quantitative estimate of drug-likeness (QED) is 0.759. The van der Waals surface area contributed by atoms with Crippen molar-refractivity contribution in [1.29, 1.82) is 0 Å². The summed E-state index contributed by atoms with van der Waals surface area (Å²) in [7, 11) is 0. The second-order valence-electron chi connectivity index (χ2n) is 8.48. The van der Waals surface area contributed by atoms with Crippen molar-refractivity contribution in [2.75, 3.05) is 0 Å². The van der Waals surface area contributed by atoms with Crippen molar-refractivity contribution in [1.82, 2.24) is 9.88 Å². The fourth-order valence-corrected chi connectivity index (χ4v) is 4.17. The number of hydrogen-bond donors (Lipinski definition) is 0. The van der Waals surface area contributed by atoms with Crippen LogP contribution in [-0.4, -0.2) is 39.4 Å². The molecule has 2 fully saturated rings. The van der Waals surface area contributed by atoms with Gasteiger partial charge in [-0.05, 0) is 71.4 Å². The zero-order valence-corrected chi connectivity index (χ0v) is 15.8. The number of carbonyl (C=O) groups is 2. The van der Waals surface area contributed by atoms with Gasteiger partial charge in [0.1, 0.15) is 11.3 Å². The molecule has 0 aliphatic carbocycles. The molecule has 5 nitrogen and oxygen atoms in total. The summed E-state index contributed by atoms with van der Waals surface area (Å²) >= 11 is 0. The van der Waals surface area contributed by atoms with E-state index in [9.17, 15) is 9.59 Å². The lowest BCUT2D eigenvalue weighted by Gasteiger charge is -2.39. The zero-order chi connectivity index (χ0) is 18.4. The van der Waals surface area contributed by atoms with Crippen LogP contribution in [0, 0.1) is 19.8 Å². The largest absolute Gasteiger partial charge is 0.444 e. The molecule has 1 aromatic heterocycles. The lowest BCUT2D eigenvalue weighted by atomic mass is 9.85. The number of ketones is 1. The molecule has 2 unspecified atom stereocenters. The van der Waals surface area contributed by atoms with Crippen molar-refractivity contribution in [3.8, 4) is 0 Å². The number of aryl methyl sites for hydroxylation is 2. The lowest BCUT2D eigenvalue weighted by molar-refractivity contribution is 0.00250. The van der Waals surface area contributed by atoms with Gasteiger partial charge in [-0.1, -0.05) is 6.07 Å². The molecule has 1 amide bonds. The SMILES string of the molecule is Cc1cnc(C(=O)C2CC3CCC(C2)N3C(=O)OC(C)(C)C)c(C)c1. The Morgan fingerprint density at radius 1 is 1.16 bits per heavy atom. The van der Waals surface area contributed by atoms with Gasteiger partial charge in [-0.15, -0.1) is 0 Å². The Hall–Kier alpha value is -1.91. The first kappa shape index (κ1) is 17.9. The molecule has 0 saturated carbocycles. The van der Waals surface area contributed by atoms with Gasteiger partial charge in [0.15, 0.2) is 5.78 Å². The number of aromatic nitrogens is 1. The highest BCUT2D eigenvalue weighted by molar-refractivity contribution is 5.97. The van der Waals surface area contributed by atoms with Crippen molar-refractivity contribution in [3.63, 3.8) is 0 Å². The summed E-state index contributed by atoms with van der Waals surface area (Å²) < 4.78 is 5.56. The summed E-state index contributed by atoms with van der Waals surface area (Å²) in [6.45, 7) is 9.57. The minimum Gasteiger partial charge on any atom is -0.444 e. The predicted octanol–water partition coefficient (Wildman–Crippen LogP) is 4.06. The van der Waals surface area contributed by atoms with Gasteiger partial charge in [-0.25, -0.2) is 4.79 Å². The summed E-state index contributed by atoms with van der Waals surface area (Å²) in [6.07, 6.45) is 4.84. The Morgan fingerprint density at radius 2 is 1.76 bits per heavy atom. The van der Waals surface area contributed by atoms with Crippen LogP contribution >= 0.6 is 0 Å². The molecular formula is C20H28N2O3. The molecule has 2 atom stereocenters. The molecular weight excluding hydrogens is 316 g/mol. The average Bonchev–Trinajstić information content (AvgIpc) is 2.75. The van der Waals surface area contributed by atoms with Crippen LogP contribution in [0.3, 0.4) is 0 Å². The maximum atomic E-state index is 13.0. The summed E-state index contributed by atoms with van der Waals surface area (Å²) in [4.78, 5) is 31.7. The second-order valence-corrected chi connectivity index (χ2v) is 8.48. The van der Waals surface area contributed by atoms with Crippen molar-refractivity contribution in [2.45, 2.75) is 78.0 Å². The predicted molar refractivity (Wildman–Crippen MR) is 95.6 cm³/mol. The van der Waals surface area contributed by atoms with Gasteiger partial charge in [-0.2, -0.15) is 0 Å². The van der Waals surface area contributed by atoms with E-state index < -0.39 is 5.60 Å². The third kappa shape index (κ3) is 3.70. The van der Waals surface area contributed by atoms with Crippen molar-refractivity contribution < 1.29 is 14.3 Å². The van der Waals surface area contributed by atoms with Crippen LogP contribution in [0.25, 0.3) is 0 Å². The van der Waals surface area contributed by atoms with Gasteiger partial charge >= 0.3 is 6.09 Å². The molecule has 0 spiro atoms. The number of fused-ring (bicyclic) bond motifs is 2. The molecule has 25 heavy (non-hydrogen) atoms. The van der Waals surface area contributed by atoms with Crippen molar-refractivity contribution in [2.24, 2.45) is 5.92 Å². The first-order valence-electron chi connectivity index (χ1n) is 9.14. The molecule has 2 saturated heterocycles. The Bertz CT molecular complexity index is 679. The van der Waals surface area contributed by atoms with Crippen LogP contribution in [0.1, 0.15) is 68.1 Å². The lowest BCUT2D eigenvalue weighted by Crippen LogP contribution is -2.49. The topological polar surface area (TPSA) is 59.5 Å². The van der Waals surface area contributed by atoms with Crippen LogP contribution in [-0.2, 0) is 4.74 Å². The first-order chi connectivity index (χ1) is 11.7. The first-order valence-corrected chi connectivity index (χ1v) is 9.14. The van der Waals surface area contributed by atoms with Crippen LogP contribution < -0.4 is 0 Å². The van der Waals surface area contributed by atoms with Gasteiger partial charge < -0.3 is 9.64 Å². The molecule has 1 aromatic rings. The Balaban J connectivity index is 1.73. The van der Waals surface area contributed by atoms with Gasteiger partial charge in [0, 0.05) is 24.2 Å². The van der Waals surface area contributed by atoms with Gasteiger partial charge in [0.2, 0.25) is 0 Å². The van der Waals surface area contributed by atoms with Gasteiger partial charge in [-0.3, -0.25) is 9.78 Å². The van der Waals surface area contributed by atoms with E-state index in [0.717, 1.165) is 24.0 Å². The molecule has 2 aliphatic heterocycles. The summed E-state index contributed by atoms with van der Waals surface area (Å²) in [5.41, 5.74) is 2.09. The highest BCUT2D eigenvalue weighted by atomic mass is 16.6. The van der Waals surface area contributed by atoms with Crippen LogP contribution in [0.2, 0.25) is 0 Å². The smallest absolute Gasteiger partial charge is 0.410 e. The van der Waals surface area contributed by atoms with E-state index in [2.05, 4.69) is 4.98 Å². The third-order valence-corrected chi connectivity index (χ3v) is 5.16. The number of carbonyl (C=O) groups excluding carboxylic acids is 2. The average molecular weight is 344 g/mol. The van der Waals surface area contributed by atoms with Gasteiger partial charge in [0.25, 0.3) is 0 Å². The molecule has 0 radical (unpaired) electrons. The van der Waals surface area contributed by atoms with E-state index in [1.165, 1.54) is 0 Å². The molecule has 136 valence electrons. The number of amides is 1. The van der Waals surface area contributed by atoms with Crippen LogP contribution in [0.4, 0.5) is 4.79 Å². The number of rotatable bonds is 2. The van der Waals surface area contributed by atoms with E-state index in [1.54, 1.807) is 6.20 Å². The van der Waals surface area contributed by atoms with E-state index in [4.69, 9.17) is 4.74 Å². The Kier molecular flexibility index (Phi) is 4.60. The Morgan fingerprint density at radius 3 is 2.28 bits per heavy atom. The molecule has 2 aliphatic rings. The Labute approximate surface area is 149 Å². The number of ether oxygens (including phenoxy) is 1. The molecule has 2 bridgehead atoms. The number of hydrogen-bond acceptors (Lipinski definition) is 4. The van der Waals surface area contributed by atoms with E-state index in [-0.39, 0.29) is 29.9 Å². The van der Waals surface area contributed by atoms with E-state index in [1.807, 2.05) is 45.6 Å². The van der Waals surface area contributed by atoms with Crippen molar-refractivity contribution >= 4 is 11.9 Å². The number of piperidine rings is 1. The van der Waals surface area contributed by atoms with E-state index in [0.29, 0.717) is 18.5 Å². The summed E-state index contributed by atoms with van der Waals surface area (Å²) in [5, 5.41) is 0. The third-order valence-electron chi connectivity index (χ3n) is 5.16. The maximum Gasteiger partial charge on any atom is 0.410 e. The standard InChI is InChI=1S/C20H28N2O3/c1-12-8-13(2)17(21-11-12)18(23)14-9-15-6-7-16(10-14)22(15)19(24)25-20(3,4)5/h8,11,14-16H,6-7,9-10H2,1-5H3. The minimum absolute atomic E-state index is 0.0508. The van der Waals surface area contributed by atoms with Crippen molar-refractivity contribution in [3.05, 3.63) is 29.1 Å². The van der Waals surface area contributed by atoms with E-state index >= 15 is 0 Å². The van der Waals surface area contributed by atoms with Crippen LogP contribution in [0.15, 0.2) is 12.3 Å². The number of Topliss-reactive ketones (excluding diaryl/α,β-unsaturated/α-hetero) is 1. The molecule has 0 N–H and O–H groups in total. The fourth-order valence-electron chi connectivity index (χ4n) is 4.17. The second kappa shape index (κ2) is 6.43. The number of nitrogens with zero attached hydrogens (tertiary/aromatic N) is 2. The molecule has 3 rings (SSSR count). The molecule has 5 heteroatoms. The minimum atomic E-state index is -0.494.